The Morgan fingerprint density at radius 1 is 1.11 bits per heavy atom. The molecule has 0 bridgehead atoms. The predicted molar refractivity (Wildman–Crippen MR) is 111 cm³/mol. The summed E-state index contributed by atoms with van der Waals surface area (Å²) in [6, 6.07) is 13.0. The standard InChI is InChI=1S/C23H31NO4/c1-16(20-12-11-19(27-5)15-21(20)28-6)24(4)22(25)18-9-7-17(8-10-18)13-14-23(2,3)26/h7-12,15-16,26H,13-14H2,1-6H3. The molecule has 5 nitrogen and oxygen atoms in total. The molecular formula is C23H31NO4. The van der Waals surface area contributed by atoms with Gasteiger partial charge in [0.2, 0.25) is 0 Å². The van der Waals surface area contributed by atoms with Gasteiger partial charge in [-0.2, -0.15) is 0 Å². The monoisotopic (exact) mass is 385 g/mol. The zero-order valence-electron chi connectivity index (χ0n) is 17.7. The highest BCUT2D eigenvalue weighted by molar-refractivity contribution is 5.94. The van der Waals surface area contributed by atoms with Crippen molar-refractivity contribution in [2.45, 2.75) is 45.3 Å². The van der Waals surface area contributed by atoms with E-state index in [1.54, 1.807) is 40.0 Å². The molecule has 1 atom stereocenters. The van der Waals surface area contributed by atoms with E-state index in [2.05, 4.69) is 0 Å². The minimum Gasteiger partial charge on any atom is -0.497 e. The minimum absolute atomic E-state index is 0.0561. The third-order valence-electron chi connectivity index (χ3n) is 5.02. The molecule has 0 spiro atoms. The number of aryl methyl sites for hydroxylation is 1. The van der Waals surface area contributed by atoms with Crippen LogP contribution in [-0.4, -0.2) is 42.8 Å². The van der Waals surface area contributed by atoms with Crippen LogP contribution in [0, 0.1) is 0 Å². The highest BCUT2D eigenvalue weighted by Crippen LogP contribution is 2.32. The van der Waals surface area contributed by atoms with E-state index in [0.717, 1.165) is 17.5 Å². The SMILES string of the molecule is COc1ccc(C(C)N(C)C(=O)c2ccc(CCC(C)(C)O)cc2)c(OC)c1. The van der Waals surface area contributed by atoms with Crippen LogP contribution in [0.1, 0.15) is 54.7 Å². The normalized spacial score (nSPS) is 12.4. The van der Waals surface area contributed by atoms with Gasteiger partial charge in [-0.15, -0.1) is 0 Å². The van der Waals surface area contributed by atoms with Crippen LogP contribution in [0.2, 0.25) is 0 Å². The third kappa shape index (κ3) is 5.49. The van der Waals surface area contributed by atoms with Crippen LogP contribution in [0.25, 0.3) is 0 Å². The van der Waals surface area contributed by atoms with Gasteiger partial charge in [-0.05, 0) is 63.4 Å². The zero-order valence-corrected chi connectivity index (χ0v) is 17.7. The van der Waals surface area contributed by atoms with Gasteiger partial charge < -0.3 is 19.5 Å². The van der Waals surface area contributed by atoms with Crippen molar-refractivity contribution in [3.05, 3.63) is 59.2 Å². The van der Waals surface area contributed by atoms with E-state index in [1.165, 1.54) is 0 Å². The summed E-state index contributed by atoms with van der Waals surface area (Å²) >= 11 is 0. The highest BCUT2D eigenvalue weighted by Gasteiger charge is 2.22. The molecule has 2 aromatic rings. The number of carbonyl (C=O) groups is 1. The first-order chi connectivity index (χ1) is 13.2. The van der Waals surface area contributed by atoms with Crippen LogP contribution in [0.4, 0.5) is 0 Å². The fraction of sp³-hybridized carbons (Fsp3) is 0.435. The smallest absolute Gasteiger partial charge is 0.254 e. The maximum absolute atomic E-state index is 12.9. The topological polar surface area (TPSA) is 59.0 Å². The summed E-state index contributed by atoms with van der Waals surface area (Å²) in [6.07, 6.45) is 1.45. The average Bonchev–Trinajstić information content (AvgIpc) is 2.69. The molecule has 0 saturated heterocycles. The molecule has 2 aromatic carbocycles. The Balaban J connectivity index is 2.13. The van der Waals surface area contributed by atoms with Crippen molar-refractivity contribution in [1.82, 2.24) is 4.90 Å². The Hall–Kier alpha value is -2.53. The van der Waals surface area contributed by atoms with Gasteiger partial charge in [0.05, 0.1) is 25.9 Å². The van der Waals surface area contributed by atoms with Crippen LogP contribution in [0.15, 0.2) is 42.5 Å². The molecule has 0 fully saturated rings. The van der Waals surface area contributed by atoms with E-state index in [0.29, 0.717) is 23.5 Å². The fourth-order valence-corrected chi connectivity index (χ4v) is 3.02. The molecule has 1 unspecified atom stereocenters. The van der Waals surface area contributed by atoms with Gasteiger partial charge in [0.25, 0.3) is 5.91 Å². The summed E-state index contributed by atoms with van der Waals surface area (Å²) in [6.45, 7) is 5.57. The lowest BCUT2D eigenvalue weighted by Gasteiger charge is -2.27. The first kappa shape index (κ1) is 21.8. The quantitative estimate of drug-likeness (QED) is 0.738. The molecule has 1 N–H and O–H groups in total. The van der Waals surface area contributed by atoms with E-state index in [-0.39, 0.29) is 11.9 Å². The molecule has 0 radical (unpaired) electrons. The van der Waals surface area contributed by atoms with Crippen molar-refractivity contribution in [3.8, 4) is 11.5 Å². The lowest BCUT2D eigenvalue weighted by molar-refractivity contribution is 0.0710. The van der Waals surface area contributed by atoms with Crippen molar-refractivity contribution in [1.29, 1.82) is 0 Å². The second-order valence-electron chi connectivity index (χ2n) is 7.71. The molecule has 28 heavy (non-hydrogen) atoms. The van der Waals surface area contributed by atoms with E-state index < -0.39 is 5.60 Å². The second-order valence-corrected chi connectivity index (χ2v) is 7.71. The lowest BCUT2D eigenvalue weighted by atomic mass is 9.98. The van der Waals surface area contributed by atoms with Crippen molar-refractivity contribution >= 4 is 5.91 Å². The number of methoxy groups -OCH3 is 2. The number of amides is 1. The maximum atomic E-state index is 12.9. The van der Waals surface area contributed by atoms with Gasteiger partial charge in [0.1, 0.15) is 11.5 Å². The number of benzene rings is 2. The molecule has 0 aliphatic rings. The Morgan fingerprint density at radius 2 is 1.75 bits per heavy atom. The van der Waals surface area contributed by atoms with Crippen molar-refractivity contribution in [2.24, 2.45) is 0 Å². The second kappa shape index (κ2) is 9.11. The Kier molecular flexibility index (Phi) is 7.08. The number of carbonyl (C=O) groups excluding carboxylic acids is 1. The average molecular weight is 386 g/mol. The number of hydrogen-bond donors (Lipinski definition) is 1. The summed E-state index contributed by atoms with van der Waals surface area (Å²) in [5.74, 6) is 1.34. The number of ether oxygens (including phenoxy) is 2. The van der Waals surface area contributed by atoms with Gasteiger partial charge in [-0.3, -0.25) is 4.79 Å². The predicted octanol–water partition coefficient (Wildman–Crippen LogP) is 4.24. The number of hydrogen-bond acceptors (Lipinski definition) is 4. The van der Waals surface area contributed by atoms with E-state index >= 15 is 0 Å². The number of aliphatic hydroxyl groups is 1. The Labute approximate surface area is 167 Å². The molecular weight excluding hydrogens is 354 g/mol. The third-order valence-corrected chi connectivity index (χ3v) is 5.02. The van der Waals surface area contributed by atoms with E-state index in [9.17, 15) is 9.90 Å². The maximum Gasteiger partial charge on any atom is 0.254 e. The first-order valence-corrected chi connectivity index (χ1v) is 9.46. The molecule has 1 amide bonds. The highest BCUT2D eigenvalue weighted by atomic mass is 16.5. The molecule has 0 aliphatic heterocycles. The molecule has 2 rings (SSSR count). The fourth-order valence-electron chi connectivity index (χ4n) is 3.02. The van der Waals surface area contributed by atoms with Crippen LogP contribution < -0.4 is 9.47 Å². The van der Waals surface area contributed by atoms with Crippen molar-refractivity contribution in [3.63, 3.8) is 0 Å². The van der Waals surface area contributed by atoms with Gasteiger partial charge in [-0.1, -0.05) is 12.1 Å². The van der Waals surface area contributed by atoms with Gasteiger partial charge in [-0.25, -0.2) is 0 Å². The molecule has 0 aliphatic carbocycles. The van der Waals surface area contributed by atoms with Gasteiger partial charge in [0, 0.05) is 24.2 Å². The Morgan fingerprint density at radius 3 is 2.29 bits per heavy atom. The van der Waals surface area contributed by atoms with Crippen LogP contribution in [-0.2, 0) is 6.42 Å². The van der Waals surface area contributed by atoms with Crippen molar-refractivity contribution in [2.75, 3.05) is 21.3 Å². The van der Waals surface area contributed by atoms with E-state index in [4.69, 9.17) is 9.47 Å². The van der Waals surface area contributed by atoms with Gasteiger partial charge >= 0.3 is 0 Å². The minimum atomic E-state index is -0.693. The molecule has 0 heterocycles. The summed E-state index contributed by atoms with van der Waals surface area (Å²) < 4.78 is 10.7. The number of nitrogens with zero attached hydrogens (tertiary/aromatic N) is 1. The van der Waals surface area contributed by atoms with Crippen LogP contribution in [0.5, 0.6) is 11.5 Å². The summed E-state index contributed by atoms with van der Waals surface area (Å²) in [5.41, 5.74) is 1.96. The van der Waals surface area contributed by atoms with E-state index in [1.807, 2.05) is 49.4 Å². The van der Waals surface area contributed by atoms with Crippen LogP contribution >= 0.6 is 0 Å². The zero-order chi connectivity index (χ0) is 20.9. The first-order valence-electron chi connectivity index (χ1n) is 9.46. The molecule has 0 saturated carbocycles. The Bertz CT molecular complexity index is 793. The molecule has 0 aromatic heterocycles. The lowest BCUT2D eigenvalue weighted by Crippen LogP contribution is -2.30. The summed E-state index contributed by atoms with van der Waals surface area (Å²) in [7, 11) is 5.01. The van der Waals surface area contributed by atoms with Crippen molar-refractivity contribution < 1.29 is 19.4 Å². The molecule has 5 heteroatoms. The summed E-state index contributed by atoms with van der Waals surface area (Å²) in [5, 5.41) is 9.86. The number of rotatable bonds is 8. The summed E-state index contributed by atoms with van der Waals surface area (Å²) in [4.78, 5) is 14.6. The molecule has 152 valence electrons. The van der Waals surface area contributed by atoms with Gasteiger partial charge in [0.15, 0.2) is 0 Å². The largest absolute Gasteiger partial charge is 0.497 e. The van der Waals surface area contributed by atoms with Crippen LogP contribution in [0.3, 0.4) is 0 Å².